The molecule has 0 unspecified atom stereocenters. The Hall–Kier alpha value is -1.89. The lowest BCUT2D eigenvalue weighted by Gasteiger charge is -2.08. The maximum atomic E-state index is 12.2. The van der Waals surface area contributed by atoms with Crippen molar-refractivity contribution in [2.24, 2.45) is 0 Å². The first kappa shape index (κ1) is 19.4. The van der Waals surface area contributed by atoms with Crippen molar-refractivity contribution in [2.75, 3.05) is 13.1 Å². The lowest BCUT2D eigenvalue weighted by Crippen LogP contribution is -2.37. The van der Waals surface area contributed by atoms with Gasteiger partial charge in [0.1, 0.15) is 0 Å². The van der Waals surface area contributed by atoms with Gasteiger partial charge in [0.25, 0.3) is 0 Å². The number of nitrogens with one attached hydrogen (secondary N) is 2. The van der Waals surface area contributed by atoms with Gasteiger partial charge < -0.3 is 5.32 Å². The van der Waals surface area contributed by atoms with E-state index in [-0.39, 0.29) is 17.3 Å². The summed E-state index contributed by atoms with van der Waals surface area (Å²) in [5.74, 6) is -0.379. The molecule has 2 N–H and O–H groups in total. The van der Waals surface area contributed by atoms with E-state index in [9.17, 15) is 13.2 Å². The predicted octanol–water partition coefficient (Wildman–Crippen LogP) is 2.54. The van der Waals surface area contributed by atoms with E-state index in [4.69, 9.17) is 11.6 Å². The van der Waals surface area contributed by atoms with Crippen LogP contribution in [0.2, 0.25) is 5.02 Å². The molecule has 0 aliphatic heterocycles. The largest absolute Gasteiger partial charge is 0.355 e. The third-order valence-electron chi connectivity index (χ3n) is 3.69. The van der Waals surface area contributed by atoms with Gasteiger partial charge in [0, 0.05) is 11.6 Å². The van der Waals surface area contributed by atoms with Crippen molar-refractivity contribution in [1.82, 2.24) is 10.0 Å². The zero-order chi connectivity index (χ0) is 18.3. The van der Waals surface area contributed by atoms with Crippen molar-refractivity contribution in [3.05, 3.63) is 64.7 Å². The Morgan fingerprint density at radius 2 is 1.80 bits per heavy atom. The Morgan fingerprint density at radius 3 is 2.44 bits per heavy atom. The number of aryl methyl sites for hydroxylation is 1. The standard InChI is InChI=1S/C18H21ClN2O3S/c1-2-14-6-8-17(9-7-14)25(23,24)21-13-18(22)20-11-10-15-4-3-5-16(19)12-15/h3-9,12,21H,2,10-11,13H2,1H3,(H,20,22). The molecular weight excluding hydrogens is 360 g/mol. The van der Waals surface area contributed by atoms with Crippen LogP contribution in [0.4, 0.5) is 0 Å². The number of hydrogen-bond donors (Lipinski definition) is 2. The van der Waals surface area contributed by atoms with Crippen LogP contribution in [0, 0.1) is 0 Å². The van der Waals surface area contributed by atoms with Crippen LogP contribution < -0.4 is 10.0 Å². The van der Waals surface area contributed by atoms with E-state index in [1.165, 1.54) is 12.1 Å². The highest BCUT2D eigenvalue weighted by atomic mass is 35.5. The number of carbonyl (C=O) groups is 1. The molecule has 134 valence electrons. The SMILES string of the molecule is CCc1ccc(S(=O)(=O)NCC(=O)NCCc2cccc(Cl)c2)cc1. The van der Waals surface area contributed by atoms with Gasteiger partial charge in [0.05, 0.1) is 11.4 Å². The molecule has 5 nitrogen and oxygen atoms in total. The second-order valence-electron chi connectivity index (χ2n) is 5.55. The summed E-state index contributed by atoms with van der Waals surface area (Å²) in [5.41, 5.74) is 2.06. The van der Waals surface area contributed by atoms with Crippen molar-refractivity contribution >= 4 is 27.5 Å². The first-order valence-electron chi connectivity index (χ1n) is 8.00. The first-order chi connectivity index (χ1) is 11.9. The lowest BCUT2D eigenvalue weighted by molar-refractivity contribution is -0.119. The molecule has 0 aromatic heterocycles. The van der Waals surface area contributed by atoms with Gasteiger partial charge in [-0.3, -0.25) is 4.79 Å². The van der Waals surface area contributed by atoms with Crippen molar-refractivity contribution < 1.29 is 13.2 Å². The number of carbonyl (C=O) groups excluding carboxylic acids is 1. The van der Waals surface area contributed by atoms with E-state index in [1.807, 2.05) is 25.1 Å². The van der Waals surface area contributed by atoms with Crippen molar-refractivity contribution in [3.8, 4) is 0 Å². The topological polar surface area (TPSA) is 75.3 Å². The van der Waals surface area contributed by atoms with Gasteiger partial charge in [-0.05, 0) is 48.2 Å². The van der Waals surface area contributed by atoms with E-state index >= 15 is 0 Å². The van der Waals surface area contributed by atoms with Crippen LogP contribution in [0.25, 0.3) is 0 Å². The van der Waals surface area contributed by atoms with Gasteiger partial charge >= 0.3 is 0 Å². The van der Waals surface area contributed by atoms with Crippen molar-refractivity contribution in [2.45, 2.75) is 24.7 Å². The minimum Gasteiger partial charge on any atom is -0.355 e. The van der Waals surface area contributed by atoms with Gasteiger partial charge in [0.15, 0.2) is 0 Å². The molecule has 0 radical (unpaired) electrons. The summed E-state index contributed by atoms with van der Waals surface area (Å²) in [6, 6.07) is 14.0. The summed E-state index contributed by atoms with van der Waals surface area (Å²) in [4.78, 5) is 12.0. The zero-order valence-electron chi connectivity index (χ0n) is 14.0. The molecule has 0 saturated heterocycles. The van der Waals surface area contributed by atoms with Crippen LogP contribution in [-0.2, 0) is 27.7 Å². The summed E-state index contributed by atoms with van der Waals surface area (Å²) >= 11 is 5.90. The van der Waals surface area contributed by atoms with E-state index in [1.54, 1.807) is 18.2 Å². The highest BCUT2D eigenvalue weighted by molar-refractivity contribution is 7.89. The highest BCUT2D eigenvalue weighted by Crippen LogP contribution is 2.11. The van der Waals surface area contributed by atoms with Gasteiger partial charge in [-0.15, -0.1) is 0 Å². The van der Waals surface area contributed by atoms with Crippen LogP contribution in [0.3, 0.4) is 0 Å². The van der Waals surface area contributed by atoms with E-state index in [0.717, 1.165) is 17.5 Å². The van der Waals surface area contributed by atoms with Crippen LogP contribution in [0.1, 0.15) is 18.1 Å². The molecule has 2 rings (SSSR count). The Morgan fingerprint density at radius 1 is 1.08 bits per heavy atom. The average Bonchev–Trinajstić information content (AvgIpc) is 2.60. The normalized spacial score (nSPS) is 11.3. The minimum absolute atomic E-state index is 0.149. The van der Waals surface area contributed by atoms with Crippen molar-refractivity contribution in [1.29, 1.82) is 0 Å². The van der Waals surface area contributed by atoms with Crippen LogP contribution in [-0.4, -0.2) is 27.4 Å². The summed E-state index contributed by atoms with van der Waals surface area (Å²) < 4.78 is 26.6. The maximum absolute atomic E-state index is 12.2. The summed E-state index contributed by atoms with van der Waals surface area (Å²) in [6.07, 6.45) is 1.46. The van der Waals surface area contributed by atoms with Crippen LogP contribution in [0.5, 0.6) is 0 Å². The molecule has 0 heterocycles. The average molecular weight is 381 g/mol. The highest BCUT2D eigenvalue weighted by Gasteiger charge is 2.15. The third-order valence-corrected chi connectivity index (χ3v) is 5.34. The zero-order valence-corrected chi connectivity index (χ0v) is 15.5. The molecule has 0 aliphatic carbocycles. The molecule has 25 heavy (non-hydrogen) atoms. The second-order valence-corrected chi connectivity index (χ2v) is 7.76. The third kappa shape index (κ3) is 6.16. The fourth-order valence-corrected chi connectivity index (χ4v) is 3.44. The van der Waals surface area contributed by atoms with Gasteiger partial charge in [-0.2, -0.15) is 0 Å². The quantitative estimate of drug-likeness (QED) is 0.739. The first-order valence-corrected chi connectivity index (χ1v) is 9.86. The van der Waals surface area contributed by atoms with E-state index in [0.29, 0.717) is 18.0 Å². The van der Waals surface area contributed by atoms with Crippen LogP contribution in [0.15, 0.2) is 53.4 Å². The van der Waals surface area contributed by atoms with Gasteiger partial charge in [-0.1, -0.05) is 42.8 Å². The summed E-state index contributed by atoms with van der Waals surface area (Å²) in [6.45, 7) is 2.11. The smallest absolute Gasteiger partial charge is 0.241 e. The maximum Gasteiger partial charge on any atom is 0.241 e. The molecule has 0 fully saturated rings. The second kappa shape index (κ2) is 8.99. The molecule has 2 aromatic rings. The Labute approximate surface area is 153 Å². The van der Waals surface area contributed by atoms with Crippen molar-refractivity contribution in [3.63, 3.8) is 0 Å². The monoisotopic (exact) mass is 380 g/mol. The Kier molecular flexibility index (Phi) is 6.99. The van der Waals surface area contributed by atoms with E-state index < -0.39 is 10.0 Å². The predicted molar refractivity (Wildman–Crippen MR) is 99.2 cm³/mol. The number of halogens is 1. The van der Waals surface area contributed by atoms with Gasteiger partial charge in [-0.25, -0.2) is 13.1 Å². The summed E-state index contributed by atoms with van der Waals surface area (Å²) in [5, 5.41) is 3.33. The lowest BCUT2D eigenvalue weighted by atomic mass is 10.1. The molecule has 0 atom stereocenters. The van der Waals surface area contributed by atoms with Gasteiger partial charge in [0.2, 0.25) is 15.9 Å². The number of sulfonamides is 1. The Bertz CT molecular complexity index is 820. The van der Waals surface area contributed by atoms with Crippen LogP contribution >= 0.6 is 11.6 Å². The molecular formula is C18H21ClN2O3S. The number of benzene rings is 2. The summed E-state index contributed by atoms with van der Waals surface area (Å²) in [7, 11) is -3.69. The fourth-order valence-electron chi connectivity index (χ4n) is 2.25. The molecule has 0 saturated carbocycles. The molecule has 1 amide bonds. The minimum atomic E-state index is -3.69. The molecule has 0 aliphatic rings. The number of amides is 1. The Balaban J connectivity index is 1.80. The molecule has 7 heteroatoms. The molecule has 0 bridgehead atoms. The molecule has 0 spiro atoms. The fraction of sp³-hybridized carbons (Fsp3) is 0.278. The molecule has 2 aromatic carbocycles. The number of rotatable bonds is 8. The number of hydrogen-bond acceptors (Lipinski definition) is 3. The van der Waals surface area contributed by atoms with E-state index in [2.05, 4.69) is 10.0 Å².